The highest BCUT2D eigenvalue weighted by atomic mass is 127. The second-order valence-corrected chi connectivity index (χ2v) is 3.31. The molecule has 0 radical (unpaired) electrons. The predicted molar refractivity (Wildman–Crippen MR) is 62.1 cm³/mol. The fraction of sp³-hybridized carbons (Fsp3) is 0.778. The molecule has 0 aromatic rings. The Morgan fingerprint density at radius 2 is 1.79 bits per heavy atom. The first-order valence-corrected chi connectivity index (χ1v) is 6.17. The van der Waals surface area contributed by atoms with Gasteiger partial charge in [0.05, 0.1) is 6.42 Å². The molecule has 1 amide bonds. The molecule has 0 aliphatic carbocycles. The second kappa shape index (κ2) is 8.02. The SMILES string of the molecule is CCN(CC)C(=O)CCC(=O)OCI. The Morgan fingerprint density at radius 3 is 2.21 bits per heavy atom. The summed E-state index contributed by atoms with van der Waals surface area (Å²) in [6.45, 7) is 5.22. The molecule has 0 heterocycles. The van der Waals surface area contributed by atoms with Gasteiger partial charge in [-0.25, -0.2) is 0 Å². The maximum atomic E-state index is 11.4. The van der Waals surface area contributed by atoms with Crippen LogP contribution in [0, 0.1) is 0 Å². The van der Waals surface area contributed by atoms with Gasteiger partial charge in [-0.1, -0.05) is 0 Å². The number of amides is 1. The molecule has 0 saturated heterocycles. The highest BCUT2D eigenvalue weighted by molar-refractivity contribution is 14.1. The lowest BCUT2D eigenvalue weighted by Crippen LogP contribution is -2.30. The van der Waals surface area contributed by atoms with Crippen molar-refractivity contribution in [2.45, 2.75) is 26.7 Å². The molecule has 0 atom stereocenters. The zero-order valence-electron chi connectivity index (χ0n) is 8.59. The maximum Gasteiger partial charge on any atom is 0.307 e. The predicted octanol–water partition coefficient (Wildman–Crippen LogP) is 1.57. The third-order valence-electron chi connectivity index (χ3n) is 1.87. The van der Waals surface area contributed by atoms with Crippen molar-refractivity contribution in [2.24, 2.45) is 0 Å². The van der Waals surface area contributed by atoms with Crippen molar-refractivity contribution in [3.63, 3.8) is 0 Å². The lowest BCUT2D eigenvalue weighted by atomic mass is 10.3. The number of halogens is 1. The molecule has 0 spiro atoms. The summed E-state index contributed by atoms with van der Waals surface area (Å²) in [6, 6.07) is 0. The monoisotopic (exact) mass is 313 g/mol. The van der Waals surface area contributed by atoms with E-state index in [2.05, 4.69) is 0 Å². The molecule has 0 rings (SSSR count). The number of ether oxygens (including phenoxy) is 1. The van der Waals surface area contributed by atoms with Gasteiger partial charge in [-0.3, -0.25) is 9.59 Å². The molecule has 0 aromatic carbocycles. The standard InChI is InChI=1S/C9H16INO3/c1-3-11(4-2)8(12)5-6-9(13)14-7-10/h3-7H2,1-2H3. The van der Waals surface area contributed by atoms with Crippen LogP contribution in [0.3, 0.4) is 0 Å². The van der Waals surface area contributed by atoms with E-state index in [-0.39, 0.29) is 24.7 Å². The minimum atomic E-state index is -0.306. The Morgan fingerprint density at radius 1 is 1.21 bits per heavy atom. The Bertz CT molecular complexity index is 192. The van der Waals surface area contributed by atoms with Gasteiger partial charge in [0, 0.05) is 19.5 Å². The number of alkyl halides is 1. The van der Waals surface area contributed by atoms with Crippen LogP contribution in [0.1, 0.15) is 26.7 Å². The Labute approximate surface area is 98.1 Å². The van der Waals surface area contributed by atoms with Crippen LogP contribution >= 0.6 is 22.6 Å². The molecule has 0 bridgehead atoms. The normalized spacial score (nSPS) is 9.64. The van der Waals surface area contributed by atoms with E-state index in [1.807, 2.05) is 36.4 Å². The number of nitrogens with zero attached hydrogens (tertiary/aromatic N) is 1. The van der Waals surface area contributed by atoms with Crippen molar-refractivity contribution >= 4 is 34.5 Å². The second-order valence-electron chi connectivity index (χ2n) is 2.69. The van der Waals surface area contributed by atoms with Crippen LogP contribution in [-0.2, 0) is 14.3 Å². The van der Waals surface area contributed by atoms with E-state index in [0.29, 0.717) is 17.7 Å². The number of carbonyl (C=O) groups excluding carboxylic acids is 2. The first-order chi connectivity index (χ1) is 6.65. The first kappa shape index (κ1) is 13.7. The zero-order chi connectivity index (χ0) is 11.0. The van der Waals surface area contributed by atoms with Crippen molar-refractivity contribution in [1.82, 2.24) is 4.90 Å². The molecule has 0 N–H and O–H groups in total. The van der Waals surface area contributed by atoms with Crippen molar-refractivity contribution in [3.8, 4) is 0 Å². The van der Waals surface area contributed by atoms with E-state index in [1.165, 1.54) is 0 Å². The van der Waals surface area contributed by atoms with Gasteiger partial charge in [-0.15, -0.1) is 0 Å². The summed E-state index contributed by atoms with van der Waals surface area (Å²) in [7, 11) is 0. The highest BCUT2D eigenvalue weighted by Gasteiger charge is 2.11. The zero-order valence-corrected chi connectivity index (χ0v) is 10.7. The molecular weight excluding hydrogens is 297 g/mol. The quantitative estimate of drug-likeness (QED) is 0.425. The number of rotatable bonds is 6. The Kier molecular flexibility index (Phi) is 7.83. The van der Waals surface area contributed by atoms with Crippen LogP contribution in [0.2, 0.25) is 0 Å². The van der Waals surface area contributed by atoms with E-state index in [0.717, 1.165) is 0 Å². The fourth-order valence-corrected chi connectivity index (χ4v) is 1.42. The van der Waals surface area contributed by atoms with Gasteiger partial charge in [-0.05, 0) is 36.4 Å². The smallest absolute Gasteiger partial charge is 0.307 e. The average molecular weight is 313 g/mol. The summed E-state index contributed by atoms with van der Waals surface area (Å²) < 4.78 is 5.06. The largest absolute Gasteiger partial charge is 0.455 e. The van der Waals surface area contributed by atoms with E-state index in [9.17, 15) is 9.59 Å². The molecule has 5 heteroatoms. The summed E-state index contributed by atoms with van der Waals surface area (Å²) in [6.07, 6.45) is 0.426. The average Bonchev–Trinajstić information content (AvgIpc) is 2.17. The van der Waals surface area contributed by atoms with Gasteiger partial charge < -0.3 is 9.64 Å². The maximum absolute atomic E-state index is 11.4. The van der Waals surface area contributed by atoms with Crippen LogP contribution in [0.4, 0.5) is 0 Å². The number of esters is 1. The van der Waals surface area contributed by atoms with E-state index >= 15 is 0 Å². The van der Waals surface area contributed by atoms with Crippen molar-refractivity contribution in [2.75, 3.05) is 17.7 Å². The molecule has 4 nitrogen and oxygen atoms in total. The van der Waals surface area contributed by atoms with Crippen LogP contribution in [-0.4, -0.2) is 34.5 Å². The lowest BCUT2D eigenvalue weighted by molar-refractivity contribution is -0.143. The van der Waals surface area contributed by atoms with Crippen LogP contribution in [0.5, 0.6) is 0 Å². The molecular formula is C9H16INO3. The third-order valence-corrected chi connectivity index (χ3v) is 2.19. The van der Waals surface area contributed by atoms with Crippen LogP contribution < -0.4 is 0 Å². The molecule has 14 heavy (non-hydrogen) atoms. The van der Waals surface area contributed by atoms with Crippen molar-refractivity contribution in [3.05, 3.63) is 0 Å². The van der Waals surface area contributed by atoms with Crippen LogP contribution in [0.15, 0.2) is 0 Å². The number of hydrogen-bond acceptors (Lipinski definition) is 3. The van der Waals surface area contributed by atoms with Gasteiger partial charge in [0.25, 0.3) is 0 Å². The molecule has 0 saturated carbocycles. The molecule has 0 fully saturated rings. The summed E-state index contributed by atoms with van der Waals surface area (Å²) in [5.41, 5.74) is 0. The topological polar surface area (TPSA) is 46.6 Å². The summed E-state index contributed by atoms with van der Waals surface area (Å²) in [4.78, 5) is 24.1. The number of hydrogen-bond donors (Lipinski definition) is 0. The third kappa shape index (κ3) is 5.41. The van der Waals surface area contributed by atoms with Gasteiger partial charge in [0.15, 0.2) is 0 Å². The minimum Gasteiger partial charge on any atom is -0.455 e. The van der Waals surface area contributed by atoms with Crippen LogP contribution in [0.25, 0.3) is 0 Å². The van der Waals surface area contributed by atoms with Gasteiger partial charge in [0.2, 0.25) is 5.91 Å². The summed E-state index contributed by atoms with van der Waals surface area (Å²) in [5, 5.41) is 0. The molecule has 82 valence electrons. The Hall–Kier alpha value is -0.330. The molecule has 0 aliphatic heterocycles. The summed E-state index contributed by atoms with van der Waals surface area (Å²) >= 11 is 1.95. The summed E-state index contributed by atoms with van der Waals surface area (Å²) in [5.74, 6) is -0.291. The minimum absolute atomic E-state index is 0.0143. The van der Waals surface area contributed by atoms with E-state index in [1.54, 1.807) is 4.90 Å². The molecule has 0 aliphatic rings. The molecule has 0 aromatic heterocycles. The lowest BCUT2D eigenvalue weighted by Gasteiger charge is -2.17. The van der Waals surface area contributed by atoms with E-state index < -0.39 is 0 Å². The van der Waals surface area contributed by atoms with Crippen molar-refractivity contribution < 1.29 is 14.3 Å². The first-order valence-electron chi connectivity index (χ1n) is 4.65. The fourth-order valence-electron chi connectivity index (χ4n) is 1.08. The van der Waals surface area contributed by atoms with Gasteiger partial charge in [0.1, 0.15) is 4.61 Å². The molecule has 0 unspecified atom stereocenters. The van der Waals surface area contributed by atoms with Crippen molar-refractivity contribution in [1.29, 1.82) is 0 Å². The van der Waals surface area contributed by atoms with Gasteiger partial charge >= 0.3 is 5.97 Å². The highest BCUT2D eigenvalue weighted by Crippen LogP contribution is 2.00. The Balaban J connectivity index is 3.77. The van der Waals surface area contributed by atoms with Gasteiger partial charge in [-0.2, -0.15) is 0 Å². The van der Waals surface area contributed by atoms with E-state index in [4.69, 9.17) is 4.74 Å². The number of carbonyl (C=O) groups is 2.